The molecule has 0 rings (SSSR count). The van der Waals surface area contributed by atoms with Crippen LogP contribution < -0.4 is 11.1 Å². The molecule has 5 nitrogen and oxygen atoms in total. The zero-order chi connectivity index (χ0) is 13.6. The molecule has 0 aromatic heterocycles. The van der Waals surface area contributed by atoms with Gasteiger partial charge in [-0.3, -0.25) is 4.79 Å². The van der Waals surface area contributed by atoms with Crippen LogP contribution in [0.15, 0.2) is 0 Å². The van der Waals surface area contributed by atoms with E-state index in [1.165, 1.54) is 7.11 Å². The van der Waals surface area contributed by atoms with Gasteiger partial charge in [0, 0.05) is 0 Å². The second kappa shape index (κ2) is 6.59. The Balaban J connectivity index is 4.78. The predicted molar refractivity (Wildman–Crippen MR) is 66.3 cm³/mol. The Bertz CT molecular complexity index is 273. The van der Waals surface area contributed by atoms with E-state index in [-0.39, 0.29) is 11.8 Å². The van der Waals surface area contributed by atoms with E-state index in [2.05, 4.69) is 10.1 Å². The average molecular weight is 244 g/mol. The van der Waals surface area contributed by atoms with Crippen LogP contribution in [0.5, 0.6) is 0 Å². The van der Waals surface area contributed by atoms with Crippen LogP contribution in [0, 0.1) is 5.92 Å². The van der Waals surface area contributed by atoms with Crippen LogP contribution in [0.4, 0.5) is 0 Å². The van der Waals surface area contributed by atoms with Crippen LogP contribution in [-0.2, 0) is 14.3 Å². The number of rotatable bonds is 6. The fourth-order valence-electron chi connectivity index (χ4n) is 1.48. The minimum Gasteiger partial charge on any atom is -0.467 e. The van der Waals surface area contributed by atoms with E-state index < -0.39 is 17.6 Å². The molecule has 0 aliphatic carbocycles. The van der Waals surface area contributed by atoms with Crippen molar-refractivity contribution in [1.82, 2.24) is 5.32 Å². The zero-order valence-corrected chi connectivity index (χ0v) is 11.4. The number of esters is 1. The van der Waals surface area contributed by atoms with Crippen LogP contribution in [0.2, 0.25) is 0 Å². The van der Waals surface area contributed by atoms with E-state index in [0.29, 0.717) is 12.8 Å². The van der Waals surface area contributed by atoms with Gasteiger partial charge in [-0.1, -0.05) is 27.7 Å². The van der Waals surface area contributed by atoms with Gasteiger partial charge < -0.3 is 15.8 Å². The first-order valence-corrected chi connectivity index (χ1v) is 6.00. The van der Waals surface area contributed by atoms with Gasteiger partial charge in [-0.05, 0) is 18.8 Å². The van der Waals surface area contributed by atoms with Gasteiger partial charge in [-0.15, -0.1) is 0 Å². The van der Waals surface area contributed by atoms with Gasteiger partial charge in [0.25, 0.3) is 0 Å². The Hall–Kier alpha value is -1.10. The van der Waals surface area contributed by atoms with E-state index in [0.717, 1.165) is 0 Å². The van der Waals surface area contributed by atoms with Gasteiger partial charge >= 0.3 is 5.97 Å². The first-order chi connectivity index (χ1) is 7.82. The van der Waals surface area contributed by atoms with Gasteiger partial charge in [-0.25, -0.2) is 4.79 Å². The summed E-state index contributed by atoms with van der Waals surface area (Å²) in [6.45, 7) is 7.40. The molecule has 0 fully saturated rings. The van der Waals surface area contributed by atoms with Gasteiger partial charge in [0.15, 0.2) is 0 Å². The maximum atomic E-state index is 12.0. The normalized spacial score (nSPS) is 13.4. The van der Waals surface area contributed by atoms with Gasteiger partial charge in [0.1, 0.15) is 6.04 Å². The van der Waals surface area contributed by atoms with Crippen molar-refractivity contribution in [2.45, 2.75) is 52.1 Å². The summed E-state index contributed by atoms with van der Waals surface area (Å²) in [5, 5.41) is 2.67. The molecule has 1 atom stereocenters. The molecule has 0 aromatic rings. The highest BCUT2D eigenvalue weighted by Crippen LogP contribution is 2.13. The van der Waals surface area contributed by atoms with E-state index >= 15 is 0 Å². The highest BCUT2D eigenvalue weighted by molar-refractivity contribution is 5.90. The van der Waals surface area contributed by atoms with Crippen molar-refractivity contribution in [3.05, 3.63) is 0 Å². The molecule has 100 valence electrons. The maximum Gasteiger partial charge on any atom is 0.328 e. The highest BCUT2D eigenvalue weighted by Gasteiger charge is 2.34. The van der Waals surface area contributed by atoms with Crippen LogP contribution in [0.25, 0.3) is 0 Å². The number of nitrogens with two attached hydrogens (primary N) is 1. The standard InChI is InChI=1S/C12H24N2O3/c1-6-12(13,7-2)11(16)14-9(8(3)4)10(15)17-5/h8-9H,6-7,13H2,1-5H3,(H,14,16)/t9-/m0/s1. The molecule has 0 aliphatic heterocycles. The Labute approximate surface area is 103 Å². The monoisotopic (exact) mass is 244 g/mol. The molecule has 0 aliphatic rings. The van der Waals surface area contributed by atoms with Crippen molar-refractivity contribution in [2.24, 2.45) is 11.7 Å². The zero-order valence-electron chi connectivity index (χ0n) is 11.4. The predicted octanol–water partition coefficient (Wildman–Crippen LogP) is 0.818. The van der Waals surface area contributed by atoms with Crippen LogP contribution >= 0.6 is 0 Å². The largest absolute Gasteiger partial charge is 0.467 e. The van der Waals surface area contributed by atoms with Crippen LogP contribution in [-0.4, -0.2) is 30.6 Å². The molecule has 17 heavy (non-hydrogen) atoms. The Kier molecular flexibility index (Phi) is 6.16. The summed E-state index contributed by atoms with van der Waals surface area (Å²) < 4.78 is 4.66. The number of methoxy groups -OCH3 is 1. The number of carbonyl (C=O) groups excluding carboxylic acids is 2. The van der Waals surface area contributed by atoms with Gasteiger partial charge in [0.05, 0.1) is 12.6 Å². The molecular weight excluding hydrogens is 220 g/mol. The third-order valence-electron chi connectivity index (χ3n) is 3.12. The van der Waals surface area contributed by atoms with Crippen LogP contribution in [0.1, 0.15) is 40.5 Å². The summed E-state index contributed by atoms with van der Waals surface area (Å²) in [5.74, 6) is -0.779. The summed E-state index contributed by atoms with van der Waals surface area (Å²) in [6, 6.07) is -0.645. The number of hydrogen-bond acceptors (Lipinski definition) is 4. The topological polar surface area (TPSA) is 81.4 Å². The van der Waals surface area contributed by atoms with Crippen molar-refractivity contribution < 1.29 is 14.3 Å². The number of hydrogen-bond donors (Lipinski definition) is 2. The molecule has 0 spiro atoms. The minimum absolute atomic E-state index is 0.0376. The second-order valence-corrected chi connectivity index (χ2v) is 4.58. The van der Waals surface area contributed by atoms with E-state index in [1.54, 1.807) is 0 Å². The number of amides is 1. The van der Waals surface area contributed by atoms with Gasteiger partial charge in [0.2, 0.25) is 5.91 Å². The lowest BCUT2D eigenvalue weighted by molar-refractivity contribution is -0.147. The van der Waals surface area contributed by atoms with Crippen molar-refractivity contribution >= 4 is 11.9 Å². The number of nitrogens with one attached hydrogen (secondary N) is 1. The molecule has 0 bridgehead atoms. The Morgan fingerprint density at radius 2 is 1.76 bits per heavy atom. The minimum atomic E-state index is -0.916. The smallest absolute Gasteiger partial charge is 0.328 e. The summed E-state index contributed by atoms with van der Waals surface area (Å²) in [5.41, 5.74) is 5.05. The molecular formula is C12H24N2O3. The van der Waals surface area contributed by atoms with Crippen molar-refractivity contribution in [3.63, 3.8) is 0 Å². The highest BCUT2D eigenvalue weighted by atomic mass is 16.5. The molecule has 0 radical (unpaired) electrons. The quantitative estimate of drug-likeness (QED) is 0.678. The number of carbonyl (C=O) groups is 2. The number of ether oxygens (including phenoxy) is 1. The molecule has 3 N–H and O–H groups in total. The molecule has 5 heteroatoms. The summed E-state index contributed by atoms with van der Waals surface area (Å²) in [7, 11) is 1.30. The Morgan fingerprint density at radius 3 is 2.06 bits per heavy atom. The molecule has 0 aromatic carbocycles. The summed E-state index contributed by atoms with van der Waals surface area (Å²) in [6.07, 6.45) is 1.06. The lowest BCUT2D eigenvalue weighted by atomic mass is 9.92. The summed E-state index contributed by atoms with van der Waals surface area (Å²) >= 11 is 0. The lowest BCUT2D eigenvalue weighted by Crippen LogP contribution is -2.58. The van der Waals surface area contributed by atoms with Crippen molar-refractivity contribution in [2.75, 3.05) is 7.11 Å². The van der Waals surface area contributed by atoms with Crippen LogP contribution in [0.3, 0.4) is 0 Å². The molecule has 0 saturated heterocycles. The Morgan fingerprint density at radius 1 is 1.29 bits per heavy atom. The van der Waals surface area contributed by atoms with Crippen molar-refractivity contribution in [3.8, 4) is 0 Å². The van der Waals surface area contributed by atoms with E-state index in [1.807, 2.05) is 27.7 Å². The molecule has 0 saturated carbocycles. The fourth-order valence-corrected chi connectivity index (χ4v) is 1.48. The maximum absolute atomic E-state index is 12.0. The second-order valence-electron chi connectivity index (χ2n) is 4.58. The molecule has 0 heterocycles. The molecule has 1 amide bonds. The van der Waals surface area contributed by atoms with E-state index in [9.17, 15) is 9.59 Å². The molecule has 0 unspecified atom stereocenters. The van der Waals surface area contributed by atoms with E-state index in [4.69, 9.17) is 5.73 Å². The fraction of sp³-hybridized carbons (Fsp3) is 0.833. The average Bonchev–Trinajstić information content (AvgIpc) is 2.33. The summed E-state index contributed by atoms with van der Waals surface area (Å²) in [4.78, 5) is 23.5. The third-order valence-corrected chi connectivity index (χ3v) is 3.12. The SMILES string of the molecule is CCC(N)(CC)C(=O)N[C@H](C(=O)OC)C(C)C. The third kappa shape index (κ3) is 4.00. The lowest BCUT2D eigenvalue weighted by Gasteiger charge is -2.29. The van der Waals surface area contributed by atoms with Gasteiger partial charge in [-0.2, -0.15) is 0 Å². The van der Waals surface area contributed by atoms with Crippen molar-refractivity contribution in [1.29, 1.82) is 0 Å². The first kappa shape index (κ1) is 15.9. The first-order valence-electron chi connectivity index (χ1n) is 6.00.